The molecule has 0 saturated carbocycles. The molecule has 1 aromatic rings. The highest BCUT2D eigenvalue weighted by molar-refractivity contribution is 5.37. The summed E-state index contributed by atoms with van der Waals surface area (Å²) in [5, 5.41) is 3.32. The predicted octanol–water partition coefficient (Wildman–Crippen LogP) is 1.55. The topological polar surface area (TPSA) is 24.5 Å². The maximum atomic E-state index is 13.4. The smallest absolute Gasteiger partial charge is 0.129 e. The molecular formula is C13H19FN2O. The maximum absolute atomic E-state index is 13.4. The van der Waals surface area contributed by atoms with Crippen LogP contribution in [0.4, 0.5) is 4.39 Å². The SMILES string of the molecule is COc1cc(F)c(C)cc1CN1CCNCC1. The van der Waals surface area contributed by atoms with Gasteiger partial charge >= 0.3 is 0 Å². The van der Waals surface area contributed by atoms with Crippen molar-refractivity contribution in [1.29, 1.82) is 0 Å². The molecule has 4 heteroatoms. The number of piperazine rings is 1. The van der Waals surface area contributed by atoms with E-state index in [0.717, 1.165) is 38.3 Å². The number of nitrogens with zero attached hydrogens (tertiary/aromatic N) is 1. The minimum absolute atomic E-state index is 0.203. The van der Waals surface area contributed by atoms with Crippen molar-refractivity contribution in [1.82, 2.24) is 10.2 Å². The van der Waals surface area contributed by atoms with E-state index in [1.807, 2.05) is 6.07 Å². The highest BCUT2D eigenvalue weighted by atomic mass is 19.1. The van der Waals surface area contributed by atoms with E-state index in [1.165, 1.54) is 6.07 Å². The number of nitrogens with one attached hydrogen (secondary N) is 1. The minimum Gasteiger partial charge on any atom is -0.496 e. The Bertz CT molecular complexity index is 389. The minimum atomic E-state index is -0.203. The van der Waals surface area contributed by atoms with E-state index in [2.05, 4.69) is 10.2 Å². The van der Waals surface area contributed by atoms with Gasteiger partial charge in [0.2, 0.25) is 0 Å². The molecule has 2 rings (SSSR count). The average molecular weight is 238 g/mol. The summed E-state index contributed by atoms with van der Waals surface area (Å²) in [5.74, 6) is 0.442. The lowest BCUT2D eigenvalue weighted by molar-refractivity contribution is 0.230. The van der Waals surface area contributed by atoms with Crippen LogP contribution in [0.5, 0.6) is 5.75 Å². The lowest BCUT2D eigenvalue weighted by atomic mass is 10.1. The highest BCUT2D eigenvalue weighted by Gasteiger charge is 2.14. The summed E-state index contributed by atoms with van der Waals surface area (Å²) in [7, 11) is 1.59. The van der Waals surface area contributed by atoms with Crippen molar-refractivity contribution in [2.24, 2.45) is 0 Å². The standard InChI is InChI=1S/C13H19FN2O/c1-10-7-11(13(17-2)8-12(10)14)9-16-5-3-15-4-6-16/h7-8,15H,3-6,9H2,1-2H3. The maximum Gasteiger partial charge on any atom is 0.129 e. The Hall–Kier alpha value is -1.13. The molecule has 1 fully saturated rings. The zero-order valence-electron chi connectivity index (χ0n) is 10.4. The molecule has 1 N–H and O–H groups in total. The summed E-state index contributed by atoms with van der Waals surface area (Å²) >= 11 is 0. The average Bonchev–Trinajstić information content (AvgIpc) is 2.35. The lowest BCUT2D eigenvalue weighted by Gasteiger charge is -2.27. The second kappa shape index (κ2) is 5.47. The zero-order chi connectivity index (χ0) is 12.3. The molecule has 0 atom stereocenters. The van der Waals surface area contributed by atoms with Gasteiger partial charge in [0.05, 0.1) is 7.11 Å². The molecule has 1 saturated heterocycles. The fourth-order valence-corrected chi connectivity index (χ4v) is 2.15. The van der Waals surface area contributed by atoms with Crippen LogP contribution in [0.15, 0.2) is 12.1 Å². The van der Waals surface area contributed by atoms with Crippen LogP contribution in [-0.4, -0.2) is 38.2 Å². The van der Waals surface area contributed by atoms with Gasteiger partial charge in [-0.2, -0.15) is 0 Å². The Balaban J connectivity index is 2.15. The highest BCUT2D eigenvalue weighted by Crippen LogP contribution is 2.24. The van der Waals surface area contributed by atoms with E-state index in [9.17, 15) is 4.39 Å². The summed E-state index contributed by atoms with van der Waals surface area (Å²) in [4.78, 5) is 2.35. The van der Waals surface area contributed by atoms with Crippen molar-refractivity contribution in [3.05, 3.63) is 29.1 Å². The number of rotatable bonds is 3. The van der Waals surface area contributed by atoms with Crippen LogP contribution in [0.1, 0.15) is 11.1 Å². The number of ether oxygens (including phenoxy) is 1. The second-order valence-electron chi connectivity index (χ2n) is 4.44. The summed E-state index contributed by atoms with van der Waals surface area (Å²) in [6.07, 6.45) is 0. The van der Waals surface area contributed by atoms with Gasteiger partial charge in [-0.15, -0.1) is 0 Å². The van der Waals surface area contributed by atoms with Gasteiger partial charge in [0, 0.05) is 44.4 Å². The van der Waals surface area contributed by atoms with Gasteiger partial charge in [-0.05, 0) is 18.6 Å². The molecular weight excluding hydrogens is 219 g/mol. The summed E-state index contributed by atoms with van der Waals surface area (Å²) in [6.45, 7) is 6.70. The molecule has 0 aromatic heterocycles. The van der Waals surface area contributed by atoms with Crippen LogP contribution in [-0.2, 0) is 6.54 Å². The first kappa shape index (κ1) is 12.3. The monoisotopic (exact) mass is 238 g/mol. The van der Waals surface area contributed by atoms with Crippen LogP contribution in [0.25, 0.3) is 0 Å². The first-order valence-corrected chi connectivity index (χ1v) is 5.97. The fraction of sp³-hybridized carbons (Fsp3) is 0.538. The van der Waals surface area contributed by atoms with Gasteiger partial charge in [0.25, 0.3) is 0 Å². The molecule has 94 valence electrons. The normalized spacial score (nSPS) is 17.1. The van der Waals surface area contributed by atoms with Crippen molar-refractivity contribution < 1.29 is 9.13 Å². The zero-order valence-corrected chi connectivity index (χ0v) is 10.4. The van der Waals surface area contributed by atoms with E-state index in [-0.39, 0.29) is 5.82 Å². The second-order valence-corrected chi connectivity index (χ2v) is 4.44. The number of halogens is 1. The van der Waals surface area contributed by atoms with Gasteiger partial charge < -0.3 is 10.1 Å². The molecule has 0 amide bonds. The van der Waals surface area contributed by atoms with Crippen LogP contribution in [0, 0.1) is 12.7 Å². The molecule has 1 aromatic carbocycles. The summed E-state index contributed by atoms with van der Waals surface area (Å²) in [5.41, 5.74) is 1.74. The molecule has 0 unspecified atom stereocenters. The van der Waals surface area contributed by atoms with Gasteiger partial charge in [0.15, 0.2) is 0 Å². The van der Waals surface area contributed by atoms with Gasteiger partial charge in [-0.25, -0.2) is 4.39 Å². The third kappa shape index (κ3) is 2.96. The van der Waals surface area contributed by atoms with Gasteiger partial charge in [-0.1, -0.05) is 0 Å². The Morgan fingerprint density at radius 1 is 1.35 bits per heavy atom. The van der Waals surface area contributed by atoms with Crippen LogP contribution < -0.4 is 10.1 Å². The molecule has 17 heavy (non-hydrogen) atoms. The van der Waals surface area contributed by atoms with Gasteiger partial charge in [0.1, 0.15) is 11.6 Å². The third-order valence-electron chi connectivity index (χ3n) is 3.17. The van der Waals surface area contributed by atoms with E-state index >= 15 is 0 Å². The molecule has 0 bridgehead atoms. The molecule has 0 spiro atoms. The molecule has 1 aliphatic heterocycles. The Morgan fingerprint density at radius 2 is 2.06 bits per heavy atom. The van der Waals surface area contributed by atoms with Crippen LogP contribution in [0.2, 0.25) is 0 Å². The van der Waals surface area contributed by atoms with E-state index in [1.54, 1.807) is 14.0 Å². The van der Waals surface area contributed by atoms with Crippen molar-refractivity contribution in [2.45, 2.75) is 13.5 Å². The van der Waals surface area contributed by atoms with E-state index in [4.69, 9.17) is 4.74 Å². The largest absolute Gasteiger partial charge is 0.496 e. The van der Waals surface area contributed by atoms with E-state index < -0.39 is 0 Å². The molecule has 1 aliphatic rings. The van der Waals surface area contributed by atoms with Crippen LogP contribution in [0.3, 0.4) is 0 Å². The van der Waals surface area contributed by atoms with Crippen molar-refractivity contribution in [2.75, 3.05) is 33.3 Å². The number of benzene rings is 1. The number of aryl methyl sites for hydroxylation is 1. The van der Waals surface area contributed by atoms with Gasteiger partial charge in [-0.3, -0.25) is 4.90 Å². The first-order valence-electron chi connectivity index (χ1n) is 5.97. The number of hydrogen-bond acceptors (Lipinski definition) is 3. The molecule has 3 nitrogen and oxygen atoms in total. The van der Waals surface area contributed by atoms with Crippen molar-refractivity contribution >= 4 is 0 Å². The lowest BCUT2D eigenvalue weighted by Crippen LogP contribution is -2.42. The molecule has 0 aliphatic carbocycles. The first-order chi connectivity index (χ1) is 8.20. The van der Waals surface area contributed by atoms with Crippen molar-refractivity contribution in [3.8, 4) is 5.75 Å². The Morgan fingerprint density at radius 3 is 2.71 bits per heavy atom. The molecule has 0 radical (unpaired) electrons. The van der Waals surface area contributed by atoms with Crippen molar-refractivity contribution in [3.63, 3.8) is 0 Å². The Kier molecular flexibility index (Phi) is 3.97. The van der Waals surface area contributed by atoms with Crippen LogP contribution >= 0.6 is 0 Å². The Labute approximate surface area is 102 Å². The molecule has 1 heterocycles. The fourth-order valence-electron chi connectivity index (χ4n) is 2.15. The quantitative estimate of drug-likeness (QED) is 0.864. The number of methoxy groups -OCH3 is 1. The number of hydrogen-bond donors (Lipinski definition) is 1. The summed E-state index contributed by atoms with van der Waals surface area (Å²) in [6, 6.07) is 3.36. The van der Waals surface area contributed by atoms with E-state index in [0.29, 0.717) is 11.3 Å². The predicted molar refractivity (Wildman–Crippen MR) is 65.8 cm³/mol. The summed E-state index contributed by atoms with van der Waals surface area (Å²) < 4.78 is 18.7. The third-order valence-corrected chi connectivity index (χ3v) is 3.17.